The SMILES string of the molecule is N[C@@](CO)(C(=O)O)C(=O)OCc1ccccc1. The van der Waals surface area contributed by atoms with Gasteiger partial charge in [0.25, 0.3) is 0 Å². The standard InChI is InChI=1S/C11H13NO5/c12-11(7-13,9(14)15)10(16)17-6-8-4-2-1-3-5-8/h1-5,13H,6-7,12H2,(H,14,15)/t11-/m0/s1. The molecule has 0 aliphatic rings. The third-order valence-electron chi connectivity index (χ3n) is 2.21. The van der Waals surface area contributed by atoms with Gasteiger partial charge in [0.1, 0.15) is 6.61 Å². The smallest absolute Gasteiger partial charge is 0.340 e. The van der Waals surface area contributed by atoms with Crippen LogP contribution in [0.4, 0.5) is 0 Å². The van der Waals surface area contributed by atoms with Gasteiger partial charge in [-0.1, -0.05) is 30.3 Å². The van der Waals surface area contributed by atoms with Crippen LogP contribution in [0.25, 0.3) is 0 Å². The minimum Gasteiger partial charge on any atom is -0.479 e. The van der Waals surface area contributed by atoms with E-state index in [4.69, 9.17) is 20.7 Å². The molecule has 6 heteroatoms. The lowest BCUT2D eigenvalue weighted by atomic mass is 10.0. The average Bonchev–Trinajstić information content (AvgIpc) is 2.35. The number of carboxylic acid groups (broad SMARTS) is 1. The highest BCUT2D eigenvalue weighted by molar-refractivity contribution is 6.04. The van der Waals surface area contributed by atoms with Crippen molar-refractivity contribution in [2.24, 2.45) is 5.73 Å². The molecule has 0 fully saturated rings. The highest BCUT2D eigenvalue weighted by Gasteiger charge is 2.43. The van der Waals surface area contributed by atoms with Crippen molar-refractivity contribution in [1.29, 1.82) is 0 Å². The predicted molar refractivity (Wildman–Crippen MR) is 57.9 cm³/mol. The number of esters is 1. The number of benzene rings is 1. The summed E-state index contributed by atoms with van der Waals surface area (Å²) in [5.74, 6) is -2.80. The van der Waals surface area contributed by atoms with Gasteiger partial charge in [-0.15, -0.1) is 0 Å². The lowest BCUT2D eigenvalue weighted by Gasteiger charge is -2.19. The van der Waals surface area contributed by atoms with Crippen molar-refractivity contribution in [2.75, 3.05) is 6.61 Å². The molecule has 0 radical (unpaired) electrons. The summed E-state index contributed by atoms with van der Waals surface area (Å²) in [5, 5.41) is 17.5. The topological polar surface area (TPSA) is 110 Å². The fraction of sp³-hybridized carbons (Fsp3) is 0.273. The minimum atomic E-state index is -2.41. The van der Waals surface area contributed by atoms with Gasteiger partial charge in [-0.2, -0.15) is 0 Å². The molecular formula is C11H13NO5. The van der Waals surface area contributed by atoms with E-state index >= 15 is 0 Å². The number of hydrogen-bond acceptors (Lipinski definition) is 5. The first kappa shape index (κ1) is 13.1. The molecule has 0 aliphatic carbocycles. The Morgan fingerprint density at radius 3 is 2.35 bits per heavy atom. The number of ether oxygens (including phenoxy) is 1. The van der Waals surface area contributed by atoms with Crippen molar-refractivity contribution in [3.8, 4) is 0 Å². The van der Waals surface area contributed by atoms with Gasteiger partial charge >= 0.3 is 11.9 Å². The van der Waals surface area contributed by atoms with Crippen molar-refractivity contribution < 1.29 is 24.5 Å². The Hall–Kier alpha value is -1.92. The Morgan fingerprint density at radius 1 is 1.29 bits per heavy atom. The van der Waals surface area contributed by atoms with Crippen LogP contribution < -0.4 is 5.73 Å². The number of aliphatic hydroxyl groups excluding tert-OH is 1. The number of carbonyl (C=O) groups is 2. The molecule has 0 aromatic heterocycles. The third kappa shape index (κ3) is 3.02. The van der Waals surface area contributed by atoms with Crippen LogP contribution in [0.2, 0.25) is 0 Å². The maximum absolute atomic E-state index is 11.4. The van der Waals surface area contributed by atoms with E-state index in [-0.39, 0.29) is 6.61 Å². The van der Waals surface area contributed by atoms with Crippen LogP contribution >= 0.6 is 0 Å². The molecule has 0 spiro atoms. The second-order valence-electron chi connectivity index (χ2n) is 3.50. The third-order valence-corrected chi connectivity index (χ3v) is 2.21. The van der Waals surface area contributed by atoms with Crippen molar-refractivity contribution in [2.45, 2.75) is 12.1 Å². The molecule has 0 unspecified atom stereocenters. The van der Waals surface area contributed by atoms with E-state index in [1.54, 1.807) is 30.3 Å². The van der Waals surface area contributed by atoms with Crippen LogP contribution in [0, 0.1) is 0 Å². The van der Waals surface area contributed by atoms with Gasteiger partial charge < -0.3 is 20.7 Å². The quantitative estimate of drug-likeness (QED) is 0.472. The molecule has 0 saturated heterocycles. The van der Waals surface area contributed by atoms with Gasteiger partial charge in [0.05, 0.1) is 6.61 Å². The molecule has 6 nitrogen and oxygen atoms in total. The largest absolute Gasteiger partial charge is 0.479 e. The second kappa shape index (κ2) is 5.42. The summed E-state index contributed by atoms with van der Waals surface area (Å²) in [4.78, 5) is 22.1. The number of carbonyl (C=O) groups excluding carboxylic acids is 1. The minimum absolute atomic E-state index is 0.0914. The zero-order valence-corrected chi connectivity index (χ0v) is 9.00. The Morgan fingerprint density at radius 2 is 1.88 bits per heavy atom. The zero-order chi connectivity index (χ0) is 12.9. The summed E-state index contributed by atoms with van der Waals surface area (Å²) in [5.41, 5.74) is 3.52. The Bertz CT molecular complexity index is 406. The fourth-order valence-corrected chi connectivity index (χ4v) is 1.07. The highest BCUT2D eigenvalue weighted by Crippen LogP contribution is 2.07. The average molecular weight is 239 g/mol. The van der Waals surface area contributed by atoms with Crippen LogP contribution in [0.3, 0.4) is 0 Å². The van der Waals surface area contributed by atoms with Gasteiger partial charge in [0.15, 0.2) is 0 Å². The number of rotatable bonds is 5. The van der Waals surface area contributed by atoms with Crippen LogP contribution in [0.1, 0.15) is 5.56 Å². The summed E-state index contributed by atoms with van der Waals surface area (Å²) in [6.07, 6.45) is 0. The van der Waals surface area contributed by atoms with Crippen LogP contribution in [0.5, 0.6) is 0 Å². The van der Waals surface area contributed by atoms with E-state index in [0.29, 0.717) is 5.56 Å². The summed E-state index contributed by atoms with van der Waals surface area (Å²) >= 11 is 0. The Balaban J connectivity index is 2.64. The molecule has 0 bridgehead atoms. The van der Waals surface area contributed by atoms with Crippen LogP contribution in [0.15, 0.2) is 30.3 Å². The van der Waals surface area contributed by atoms with Crippen molar-refractivity contribution in [3.05, 3.63) is 35.9 Å². The lowest BCUT2D eigenvalue weighted by Crippen LogP contribution is -2.58. The molecule has 0 heterocycles. The zero-order valence-electron chi connectivity index (χ0n) is 9.00. The number of aliphatic carboxylic acids is 1. The first-order valence-corrected chi connectivity index (χ1v) is 4.85. The van der Waals surface area contributed by atoms with Crippen LogP contribution in [-0.2, 0) is 20.9 Å². The highest BCUT2D eigenvalue weighted by atomic mass is 16.5. The molecule has 17 heavy (non-hydrogen) atoms. The van der Waals surface area contributed by atoms with E-state index in [1.807, 2.05) is 0 Å². The first-order valence-electron chi connectivity index (χ1n) is 4.85. The summed E-state index contributed by atoms with van der Waals surface area (Å²) in [6.45, 7) is -1.11. The number of carboxylic acids is 1. The second-order valence-corrected chi connectivity index (χ2v) is 3.50. The summed E-state index contributed by atoms with van der Waals surface area (Å²) < 4.78 is 4.74. The molecule has 1 atom stereocenters. The van der Waals surface area contributed by atoms with E-state index < -0.39 is 24.1 Å². The normalized spacial score (nSPS) is 13.8. The van der Waals surface area contributed by atoms with E-state index in [2.05, 4.69) is 0 Å². The molecule has 1 rings (SSSR count). The van der Waals surface area contributed by atoms with Crippen molar-refractivity contribution in [3.63, 3.8) is 0 Å². The molecule has 1 aromatic carbocycles. The van der Waals surface area contributed by atoms with E-state index in [1.165, 1.54) is 0 Å². The maximum Gasteiger partial charge on any atom is 0.340 e. The van der Waals surface area contributed by atoms with Gasteiger partial charge in [0, 0.05) is 0 Å². The monoisotopic (exact) mass is 239 g/mol. The summed E-state index contributed by atoms with van der Waals surface area (Å²) in [7, 11) is 0. The molecule has 0 amide bonds. The lowest BCUT2D eigenvalue weighted by molar-refractivity contribution is -0.164. The van der Waals surface area contributed by atoms with Gasteiger partial charge in [-0.25, -0.2) is 9.59 Å². The number of nitrogens with two attached hydrogens (primary N) is 1. The van der Waals surface area contributed by atoms with Crippen molar-refractivity contribution in [1.82, 2.24) is 0 Å². The molecule has 4 N–H and O–H groups in total. The molecule has 92 valence electrons. The first-order chi connectivity index (χ1) is 8.00. The molecule has 0 saturated carbocycles. The van der Waals surface area contributed by atoms with Gasteiger partial charge in [-0.05, 0) is 5.56 Å². The Kier molecular flexibility index (Phi) is 4.19. The summed E-state index contributed by atoms with van der Waals surface area (Å²) in [6, 6.07) is 8.73. The van der Waals surface area contributed by atoms with E-state index in [0.717, 1.165) is 0 Å². The molecule has 0 aliphatic heterocycles. The maximum atomic E-state index is 11.4. The fourth-order valence-electron chi connectivity index (χ4n) is 1.07. The van der Waals surface area contributed by atoms with Crippen LogP contribution in [-0.4, -0.2) is 34.3 Å². The molecular weight excluding hydrogens is 226 g/mol. The van der Waals surface area contributed by atoms with E-state index in [9.17, 15) is 9.59 Å². The van der Waals surface area contributed by atoms with Gasteiger partial charge in [0.2, 0.25) is 5.54 Å². The molecule has 1 aromatic rings. The number of aliphatic hydroxyl groups is 1. The van der Waals surface area contributed by atoms with Crippen molar-refractivity contribution >= 4 is 11.9 Å². The van der Waals surface area contributed by atoms with Gasteiger partial charge in [-0.3, -0.25) is 0 Å². The number of hydrogen-bond donors (Lipinski definition) is 3. The Labute approximate surface area is 97.6 Å². The predicted octanol–water partition coefficient (Wildman–Crippen LogP) is -0.496.